The Bertz CT molecular complexity index is 245. The molecule has 1 aliphatic heterocycles. The van der Waals surface area contributed by atoms with Crippen LogP contribution in [0.15, 0.2) is 0 Å². The molecule has 0 amide bonds. The molecule has 0 aromatic heterocycles. The van der Waals surface area contributed by atoms with Gasteiger partial charge >= 0.3 is 0 Å². The maximum atomic E-state index is 5.56. The number of fused-ring (bicyclic) bond motifs is 1. The lowest BCUT2D eigenvalue weighted by Gasteiger charge is -2.32. The van der Waals surface area contributed by atoms with Crippen LogP contribution in [0, 0.1) is 5.92 Å². The largest absolute Gasteiger partial charge is 0.422 e. The fourth-order valence-electron chi connectivity index (χ4n) is 2.87. The summed E-state index contributed by atoms with van der Waals surface area (Å²) in [6.07, 6.45) is 6.93. The normalized spacial score (nSPS) is 32.5. The van der Waals surface area contributed by atoms with Crippen molar-refractivity contribution in [2.24, 2.45) is 5.92 Å². The van der Waals surface area contributed by atoms with Gasteiger partial charge in [-0.15, -0.1) is 0 Å². The minimum Gasteiger partial charge on any atom is -0.422 e. The first-order valence-electron chi connectivity index (χ1n) is 6.47. The summed E-state index contributed by atoms with van der Waals surface area (Å²) in [5.41, 5.74) is 0. The van der Waals surface area contributed by atoms with Crippen molar-refractivity contribution in [2.75, 3.05) is 20.8 Å². The van der Waals surface area contributed by atoms with Crippen LogP contribution in [-0.4, -0.2) is 49.3 Å². The number of methoxy groups -OCH3 is 2. The molecule has 2 rings (SSSR count). The summed E-state index contributed by atoms with van der Waals surface area (Å²) >= 11 is 0. The Balaban J connectivity index is 1.77. The first-order valence-corrected chi connectivity index (χ1v) is 7.29. The van der Waals surface area contributed by atoms with Gasteiger partial charge in [0.1, 0.15) is 10.5 Å². The van der Waals surface area contributed by atoms with Crippen molar-refractivity contribution < 1.29 is 18.6 Å². The van der Waals surface area contributed by atoms with Crippen molar-refractivity contribution >= 4 is 10.5 Å². The Kier molecular flexibility index (Phi) is 4.60. The average Bonchev–Trinajstić information content (AvgIpc) is 3.13. The Morgan fingerprint density at radius 1 is 1.24 bits per heavy atom. The Labute approximate surface area is 106 Å². The topological polar surface area (TPSA) is 40.2 Å². The molecule has 0 radical (unpaired) electrons. The molecular weight excluding hydrogens is 236 g/mol. The van der Waals surface area contributed by atoms with E-state index in [2.05, 4.69) is 0 Å². The third kappa shape index (κ3) is 3.29. The van der Waals surface area contributed by atoms with Crippen LogP contribution in [0.25, 0.3) is 0 Å². The Morgan fingerprint density at radius 3 is 2.59 bits per heavy atom. The third-order valence-electron chi connectivity index (χ3n) is 4.15. The van der Waals surface area contributed by atoms with E-state index in [9.17, 15) is 0 Å². The zero-order chi connectivity index (χ0) is 12.3. The van der Waals surface area contributed by atoms with Gasteiger partial charge in [0.15, 0.2) is 5.79 Å². The lowest BCUT2D eigenvalue weighted by atomic mass is 9.85. The van der Waals surface area contributed by atoms with Gasteiger partial charge in [-0.25, -0.2) is 0 Å². The van der Waals surface area contributed by atoms with Crippen LogP contribution in [0.2, 0.25) is 0 Å². The summed E-state index contributed by atoms with van der Waals surface area (Å²) in [6.45, 7) is 0.543. The summed E-state index contributed by atoms with van der Waals surface area (Å²) in [5.74, 6) is 0.223. The van der Waals surface area contributed by atoms with Crippen LogP contribution < -0.4 is 0 Å². The molecule has 1 heterocycles. The molecule has 1 saturated heterocycles. The molecule has 0 N–H and O–H groups in total. The molecule has 1 aliphatic carbocycles. The molecule has 2 aliphatic rings. The number of hydrogen-bond donors (Lipinski definition) is 0. The molecule has 5 heteroatoms. The summed E-state index contributed by atoms with van der Waals surface area (Å²) in [7, 11) is 4.12. The van der Waals surface area contributed by atoms with Gasteiger partial charge in [-0.1, -0.05) is 0 Å². The number of rotatable bonds is 7. The second kappa shape index (κ2) is 5.80. The fraction of sp³-hybridized carbons (Fsp3) is 1.00. The van der Waals surface area contributed by atoms with Crippen LogP contribution in [0.1, 0.15) is 32.1 Å². The number of hydrogen-bond acceptors (Lipinski definition) is 4. The van der Waals surface area contributed by atoms with Gasteiger partial charge in [-0.2, -0.15) is 0 Å². The molecule has 3 unspecified atom stereocenters. The second-order valence-electron chi connectivity index (χ2n) is 5.18. The number of ether oxygens (including phenoxy) is 3. The van der Waals surface area contributed by atoms with Gasteiger partial charge in [0.2, 0.25) is 0 Å². The van der Waals surface area contributed by atoms with Gasteiger partial charge in [-0.05, 0) is 31.6 Å². The summed E-state index contributed by atoms with van der Waals surface area (Å²) in [6, 6.07) is 0. The zero-order valence-electron chi connectivity index (χ0n) is 11.1. The summed E-state index contributed by atoms with van der Waals surface area (Å²) in [4.78, 5) is 0. The molecule has 0 bridgehead atoms. The third-order valence-corrected chi connectivity index (χ3v) is 4.44. The molecule has 0 aromatic carbocycles. The highest BCUT2D eigenvalue weighted by Crippen LogP contribution is 2.41. The van der Waals surface area contributed by atoms with E-state index in [1.165, 1.54) is 19.3 Å². The van der Waals surface area contributed by atoms with E-state index in [4.69, 9.17) is 18.6 Å². The van der Waals surface area contributed by atoms with Crippen molar-refractivity contribution in [2.45, 2.75) is 50.1 Å². The van der Waals surface area contributed by atoms with Crippen molar-refractivity contribution in [1.29, 1.82) is 0 Å². The quantitative estimate of drug-likeness (QED) is 0.382. The zero-order valence-corrected chi connectivity index (χ0v) is 13.1. The first-order chi connectivity index (χ1) is 8.23. The van der Waals surface area contributed by atoms with Gasteiger partial charge in [-0.3, -0.25) is 0 Å². The predicted molar refractivity (Wildman–Crippen MR) is 67.9 cm³/mol. The molecule has 3 atom stereocenters. The highest BCUT2D eigenvalue weighted by molar-refractivity contribution is 5.97. The van der Waals surface area contributed by atoms with Crippen LogP contribution in [0.3, 0.4) is 0 Å². The fourth-order valence-corrected chi connectivity index (χ4v) is 3.31. The standard InChI is InChI=1S/C12H24O4Si/c1-13-12(14-2,8-15-17)6-5-9-3-4-10-11(7-9)16-10/h9-11H,3-8H2,1-2,17H3. The maximum absolute atomic E-state index is 5.56. The van der Waals surface area contributed by atoms with E-state index in [1.807, 2.05) is 0 Å². The predicted octanol–water partition coefficient (Wildman–Crippen LogP) is 0.620. The monoisotopic (exact) mass is 260 g/mol. The van der Waals surface area contributed by atoms with Gasteiger partial charge in [0.05, 0.1) is 18.8 Å². The lowest BCUT2D eigenvalue weighted by Crippen LogP contribution is -2.39. The van der Waals surface area contributed by atoms with E-state index >= 15 is 0 Å². The van der Waals surface area contributed by atoms with Crippen molar-refractivity contribution in [3.8, 4) is 0 Å². The van der Waals surface area contributed by atoms with E-state index in [0.717, 1.165) is 29.2 Å². The van der Waals surface area contributed by atoms with Crippen LogP contribution in [0.5, 0.6) is 0 Å². The van der Waals surface area contributed by atoms with E-state index in [1.54, 1.807) is 14.2 Å². The van der Waals surface area contributed by atoms with Gasteiger partial charge in [0, 0.05) is 20.6 Å². The molecule has 4 nitrogen and oxygen atoms in total. The van der Waals surface area contributed by atoms with Gasteiger partial charge in [0.25, 0.3) is 0 Å². The van der Waals surface area contributed by atoms with Crippen molar-refractivity contribution in [3.05, 3.63) is 0 Å². The van der Waals surface area contributed by atoms with Gasteiger partial charge < -0.3 is 18.6 Å². The molecule has 100 valence electrons. The molecule has 2 fully saturated rings. The number of epoxide rings is 1. The highest BCUT2D eigenvalue weighted by Gasteiger charge is 2.44. The molecular formula is C12H24O4Si. The molecule has 0 spiro atoms. The Hall–Kier alpha value is 0.0569. The van der Waals surface area contributed by atoms with E-state index in [-0.39, 0.29) is 0 Å². The maximum Gasteiger partial charge on any atom is 0.189 e. The minimum absolute atomic E-state index is 0.539. The summed E-state index contributed by atoms with van der Waals surface area (Å²) < 4.78 is 21.9. The highest BCUT2D eigenvalue weighted by atomic mass is 28.2. The first kappa shape index (κ1) is 13.5. The van der Waals surface area contributed by atoms with Crippen molar-refractivity contribution in [3.63, 3.8) is 0 Å². The summed E-state index contributed by atoms with van der Waals surface area (Å²) in [5, 5.41) is 0. The SMILES string of the molecule is COC(CCC1CCC2OC2C1)(CO[SiH3])OC. The van der Waals surface area contributed by atoms with Crippen LogP contribution in [-0.2, 0) is 18.6 Å². The molecule has 0 aromatic rings. The Morgan fingerprint density at radius 2 is 2.00 bits per heavy atom. The average molecular weight is 260 g/mol. The molecule has 1 saturated carbocycles. The van der Waals surface area contributed by atoms with Crippen molar-refractivity contribution in [1.82, 2.24) is 0 Å². The lowest BCUT2D eigenvalue weighted by molar-refractivity contribution is -0.227. The molecule has 17 heavy (non-hydrogen) atoms. The van der Waals surface area contributed by atoms with Crippen LogP contribution >= 0.6 is 0 Å². The van der Waals surface area contributed by atoms with Crippen LogP contribution in [0.4, 0.5) is 0 Å². The van der Waals surface area contributed by atoms with E-state index < -0.39 is 5.79 Å². The smallest absolute Gasteiger partial charge is 0.189 e. The minimum atomic E-state index is -0.539. The van der Waals surface area contributed by atoms with E-state index in [0.29, 0.717) is 18.8 Å². The second-order valence-corrected chi connectivity index (χ2v) is 5.76.